The van der Waals surface area contributed by atoms with Gasteiger partial charge < -0.3 is 24.6 Å². The monoisotopic (exact) mass is 525 g/mol. The molecule has 9 nitrogen and oxygen atoms in total. The first-order valence-electron chi connectivity index (χ1n) is 12.7. The fraction of sp³-hybridized carbons (Fsp3) is 0.538. The van der Waals surface area contributed by atoms with Gasteiger partial charge in [0.15, 0.2) is 5.13 Å². The number of dihydropyridines is 1. The fourth-order valence-electron chi connectivity index (χ4n) is 5.08. The van der Waals surface area contributed by atoms with Gasteiger partial charge in [-0.15, -0.1) is 0 Å². The van der Waals surface area contributed by atoms with Crippen molar-refractivity contribution in [2.24, 2.45) is 5.41 Å². The molecule has 2 fully saturated rings. The van der Waals surface area contributed by atoms with Crippen molar-refractivity contribution in [3.63, 3.8) is 0 Å². The van der Waals surface area contributed by atoms with Gasteiger partial charge in [0.2, 0.25) is 0 Å². The zero-order chi connectivity index (χ0) is 26.6. The number of rotatable bonds is 5. The third-order valence-electron chi connectivity index (χ3n) is 7.21. The normalized spacial score (nSPS) is 24.7. The minimum Gasteiger partial charge on any atom is -0.407 e. The highest BCUT2D eigenvalue weighted by atomic mass is 32.1. The van der Waals surface area contributed by atoms with Crippen LogP contribution in [0.1, 0.15) is 40.2 Å². The van der Waals surface area contributed by atoms with Crippen LogP contribution in [-0.4, -0.2) is 78.8 Å². The van der Waals surface area contributed by atoms with E-state index in [1.54, 1.807) is 23.6 Å². The first-order chi connectivity index (χ1) is 17.4. The second-order valence-corrected chi connectivity index (χ2v) is 12.4. The minimum absolute atomic E-state index is 0.0525. The summed E-state index contributed by atoms with van der Waals surface area (Å²) in [4.78, 5) is 23.8. The molecule has 0 spiro atoms. The lowest BCUT2D eigenvalue weighted by atomic mass is 9.70. The number of nitrogens with one attached hydrogen (secondary N) is 1. The number of aliphatic hydroxyl groups is 1. The molecule has 2 saturated heterocycles. The number of anilines is 1. The topological polar surface area (TPSA) is 90.4 Å². The minimum atomic E-state index is -1.14. The van der Waals surface area contributed by atoms with Crippen LogP contribution in [0.2, 0.25) is 0 Å². The molecule has 2 aromatic rings. The van der Waals surface area contributed by atoms with Gasteiger partial charge in [0.05, 0.1) is 29.2 Å². The number of aromatic nitrogens is 1. The Morgan fingerprint density at radius 1 is 1.22 bits per heavy atom. The average molecular weight is 525 g/mol. The molecule has 0 bridgehead atoms. The Morgan fingerprint density at radius 2 is 1.95 bits per heavy atom. The second-order valence-electron chi connectivity index (χ2n) is 11.5. The summed E-state index contributed by atoms with van der Waals surface area (Å²) >= 11 is 1.47. The van der Waals surface area contributed by atoms with Crippen molar-refractivity contribution in [2.75, 3.05) is 45.0 Å². The molecule has 0 aliphatic carbocycles. The first kappa shape index (κ1) is 26.2. The van der Waals surface area contributed by atoms with E-state index < -0.39 is 18.3 Å². The van der Waals surface area contributed by atoms with E-state index in [2.05, 4.69) is 24.1 Å². The molecule has 2 N–H and O–H groups in total. The van der Waals surface area contributed by atoms with Crippen molar-refractivity contribution in [1.82, 2.24) is 20.1 Å². The Hall–Kier alpha value is -2.44. The molecule has 3 aliphatic heterocycles. The van der Waals surface area contributed by atoms with Gasteiger partial charge in [-0.05, 0) is 51.7 Å². The van der Waals surface area contributed by atoms with Crippen LogP contribution in [0.3, 0.4) is 0 Å². The number of carbonyl (C=O) groups excluding carboxylic acids is 1. The lowest BCUT2D eigenvalue weighted by Gasteiger charge is -2.43. The van der Waals surface area contributed by atoms with Gasteiger partial charge >= 0.3 is 13.1 Å². The lowest BCUT2D eigenvalue weighted by molar-refractivity contribution is 0.00464. The zero-order valence-corrected chi connectivity index (χ0v) is 23.3. The summed E-state index contributed by atoms with van der Waals surface area (Å²) in [6, 6.07) is 3.99. The third kappa shape index (κ3) is 4.68. The standard InChI is InChI=1S/C26H36BN5O4S/c1-7-31-16-30(6)17-32(23(31)33)22-29-20-13-18(26(25(4,5)34)10-8-9-11-28-26)12-19(21(20)37-22)27-35-14-24(2,3)15-36-27/h8-13,28,34H,7,14-17H2,1-6H3. The van der Waals surface area contributed by atoms with Crippen LogP contribution in [0.5, 0.6) is 0 Å². The molecule has 1 atom stereocenters. The van der Waals surface area contributed by atoms with Crippen molar-refractivity contribution in [3.05, 3.63) is 42.1 Å². The van der Waals surface area contributed by atoms with Gasteiger partial charge in [-0.3, -0.25) is 9.80 Å². The molecule has 1 aromatic carbocycles. The number of thiazole rings is 1. The van der Waals surface area contributed by atoms with Gasteiger partial charge in [-0.1, -0.05) is 43.4 Å². The number of fused-ring (bicyclic) bond motifs is 1. The predicted octanol–water partition coefficient (Wildman–Crippen LogP) is 2.81. The average Bonchev–Trinajstić information content (AvgIpc) is 3.28. The van der Waals surface area contributed by atoms with Gasteiger partial charge in [0.25, 0.3) is 0 Å². The second kappa shape index (κ2) is 9.39. The maximum atomic E-state index is 13.2. The van der Waals surface area contributed by atoms with Crippen LogP contribution in [0.25, 0.3) is 10.2 Å². The predicted molar refractivity (Wildman–Crippen MR) is 148 cm³/mol. The van der Waals surface area contributed by atoms with Crippen LogP contribution >= 0.6 is 11.3 Å². The van der Waals surface area contributed by atoms with E-state index in [1.807, 2.05) is 50.5 Å². The highest BCUT2D eigenvalue weighted by molar-refractivity contribution is 7.23. The summed E-state index contributed by atoms with van der Waals surface area (Å²) in [5.41, 5.74) is 0.332. The molecule has 2 amide bonds. The van der Waals surface area contributed by atoms with Crippen molar-refractivity contribution < 1.29 is 19.2 Å². The molecular formula is C26H36BN5O4S. The number of nitrogens with zero attached hydrogens (tertiary/aromatic N) is 4. The summed E-state index contributed by atoms with van der Waals surface area (Å²) in [6.45, 7) is 12.6. The summed E-state index contributed by atoms with van der Waals surface area (Å²) in [5.74, 6) is 0. The van der Waals surface area contributed by atoms with E-state index in [-0.39, 0.29) is 11.4 Å². The molecule has 37 heavy (non-hydrogen) atoms. The van der Waals surface area contributed by atoms with E-state index >= 15 is 0 Å². The van der Waals surface area contributed by atoms with Crippen LogP contribution in [-0.2, 0) is 14.8 Å². The fourth-order valence-corrected chi connectivity index (χ4v) is 6.13. The van der Waals surface area contributed by atoms with Crippen LogP contribution in [0.4, 0.5) is 9.93 Å². The van der Waals surface area contributed by atoms with E-state index in [1.165, 1.54) is 11.3 Å². The Balaban J connectivity index is 1.66. The lowest BCUT2D eigenvalue weighted by Crippen LogP contribution is -2.56. The van der Waals surface area contributed by atoms with Crippen molar-refractivity contribution in [1.29, 1.82) is 0 Å². The summed E-state index contributed by atoms with van der Waals surface area (Å²) in [6.07, 6.45) is 7.64. The van der Waals surface area contributed by atoms with E-state index in [9.17, 15) is 9.90 Å². The van der Waals surface area contributed by atoms with Crippen LogP contribution in [0, 0.1) is 5.41 Å². The zero-order valence-electron chi connectivity index (χ0n) is 22.4. The number of urea groups is 1. The Morgan fingerprint density at radius 3 is 2.57 bits per heavy atom. The molecule has 198 valence electrons. The molecule has 4 heterocycles. The molecule has 3 aliphatic rings. The molecule has 1 unspecified atom stereocenters. The van der Waals surface area contributed by atoms with Crippen LogP contribution in [0.15, 0.2) is 36.6 Å². The number of allylic oxidation sites excluding steroid dienone is 2. The number of amides is 2. The molecule has 0 radical (unpaired) electrons. The maximum Gasteiger partial charge on any atom is 0.495 e. The van der Waals surface area contributed by atoms with Crippen molar-refractivity contribution in [2.45, 2.75) is 45.8 Å². The van der Waals surface area contributed by atoms with Gasteiger partial charge in [-0.25, -0.2) is 9.78 Å². The number of hydrogen-bond acceptors (Lipinski definition) is 8. The molecule has 11 heteroatoms. The highest BCUT2D eigenvalue weighted by Crippen LogP contribution is 2.39. The first-order valence-corrected chi connectivity index (χ1v) is 13.5. The summed E-state index contributed by atoms with van der Waals surface area (Å²) in [7, 11) is 1.42. The van der Waals surface area contributed by atoms with Crippen molar-refractivity contribution >= 4 is 45.3 Å². The number of carbonyl (C=O) groups is 1. The van der Waals surface area contributed by atoms with Gasteiger partial charge in [-0.2, -0.15) is 0 Å². The van der Waals surface area contributed by atoms with E-state index in [0.717, 1.165) is 21.2 Å². The Labute approximate surface area is 222 Å². The Bertz CT molecular complexity index is 1250. The number of benzene rings is 1. The SMILES string of the molecule is CCN1CN(C)CN(c2nc3cc(C4(C(C)(C)O)C=CC=CN4)cc(B4OCC(C)(C)CO4)c3s2)C1=O. The number of hydrogen-bond donors (Lipinski definition) is 2. The molecule has 5 rings (SSSR count). The third-order valence-corrected chi connectivity index (χ3v) is 8.35. The highest BCUT2D eigenvalue weighted by Gasteiger charge is 2.45. The maximum absolute atomic E-state index is 13.2. The van der Waals surface area contributed by atoms with Crippen molar-refractivity contribution in [3.8, 4) is 0 Å². The summed E-state index contributed by atoms with van der Waals surface area (Å²) < 4.78 is 13.4. The molecule has 1 aromatic heterocycles. The van der Waals surface area contributed by atoms with E-state index in [0.29, 0.717) is 38.2 Å². The van der Waals surface area contributed by atoms with E-state index in [4.69, 9.17) is 14.3 Å². The van der Waals surface area contributed by atoms with Gasteiger partial charge in [0.1, 0.15) is 5.54 Å². The Kier molecular flexibility index (Phi) is 6.65. The largest absolute Gasteiger partial charge is 0.495 e. The summed E-state index contributed by atoms with van der Waals surface area (Å²) in [5, 5.41) is 15.3. The van der Waals surface area contributed by atoms with Gasteiger partial charge in [0, 0.05) is 30.6 Å². The molecule has 0 saturated carbocycles. The smallest absolute Gasteiger partial charge is 0.407 e. The van der Waals surface area contributed by atoms with Crippen LogP contribution < -0.4 is 15.7 Å². The molecular weight excluding hydrogens is 489 g/mol. The quantitative estimate of drug-likeness (QED) is 0.581.